The molecular weight excluding hydrogens is 474 g/mol. The number of rotatable bonds is 8. The number of benzene rings is 2. The van der Waals surface area contributed by atoms with Crippen LogP contribution >= 0.6 is 0 Å². The summed E-state index contributed by atoms with van der Waals surface area (Å²) in [4.78, 5) is 17.0. The molecule has 0 aliphatic carbocycles. The Bertz CT molecular complexity index is 1610. The summed E-state index contributed by atoms with van der Waals surface area (Å²) in [6.07, 6.45) is 4.89. The predicted molar refractivity (Wildman–Crippen MR) is 140 cm³/mol. The van der Waals surface area contributed by atoms with Gasteiger partial charge in [0, 0.05) is 41.8 Å². The molecule has 0 amide bonds. The molecule has 8 nitrogen and oxygen atoms in total. The lowest BCUT2D eigenvalue weighted by Gasteiger charge is -2.09. The molecule has 0 spiro atoms. The maximum atomic E-state index is 12.8. The number of aromatic amines is 1. The first-order valence-corrected chi connectivity index (χ1v) is 12.9. The van der Waals surface area contributed by atoms with Crippen LogP contribution < -0.4 is 9.46 Å². The molecule has 9 heteroatoms. The quantitative estimate of drug-likeness (QED) is 0.314. The summed E-state index contributed by atoms with van der Waals surface area (Å²) in [6, 6.07) is 19.6. The second-order valence-electron chi connectivity index (χ2n) is 8.46. The number of ether oxygens (including phenoxy) is 1. The number of H-pyrrole nitrogens is 1. The number of imidazole rings is 1. The maximum Gasteiger partial charge on any atom is 0.261 e. The fourth-order valence-corrected chi connectivity index (χ4v) is 4.91. The molecule has 5 aromatic rings. The molecule has 0 bridgehead atoms. The van der Waals surface area contributed by atoms with Crippen molar-refractivity contribution in [3.8, 4) is 16.9 Å². The molecule has 3 aromatic heterocycles. The van der Waals surface area contributed by atoms with Crippen molar-refractivity contribution in [3.63, 3.8) is 0 Å². The Kier molecular flexibility index (Phi) is 6.39. The molecule has 36 heavy (non-hydrogen) atoms. The summed E-state index contributed by atoms with van der Waals surface area (Å²) < 4.78 is 33.4. The van der Waals surface area contributed by atoms with E-state index in [1.807, 2.05) is 37.3 Å². The molecule has 3 heterocycles. The van der Waals surface area contributed by atoms with Crippen molar-refractivity contribution in [1.29, 1.82) is 0 Å². The average Bonchev–Trinajstić information content (AvgIpc) is 3.31. The van der Waals surface area contributed by atoms with Crippen LogP contribution in [-0.2, 0) is 22.9 Å². The smallest absolute Gasteiger partial charge is 0.261 e. The SMILES string of the molecule is COc1ccnc(CCc2nc3cc(-c4ccc(S(=O)(=O)Nc5ccc(C)cc5)cc4)cnc3[nH]2)c1. The topological polar surface area (TPSA) is 110 Å². The van der Waals surface area contributed by atoms with Crippen LogP contribution in [0.2, 0.25) is 0 Å². The number of nitrogens with zero attached hydrogens (tertiary/aromatic N) is 3. The monoisotopic (exact) mass is 499 g/mol. The summed E-state index contributed by atoms with van der Waals surface area (Å²) in [6.45, 7) is 1.95. The van der Waals surface area contributed by atoms with Gasteiger partial charge in [0.2, 0.25) is 0 Å². The van der Waals surface area contributed by atoms with Crippen LogP contribution in [0.5, 0.6) is 5.75 Å². The van der Waals surface area contributed by atoms with Gasteiger partial charge in [0.05, 0.1) is 12.0 Å². The van der Waals surface area contributed by atoms with E-state index in [0.717, 1.165) is 45.9 Å². The van der Waals surface area contributed by atoms with E-state index < -0.39 is 10.0 Å². The molecule has 2 N–H and O–H groups in total. The van der Waals surface area contributed by atoms with Gasteiger partial charge >= 0.3 is 0 Å². The van der Waals surface area contributed by atoms with E-state index in [0.29, 0.717) is 17.8 Å². The third kappa shape index (κ3) is 5.21. The molecule has 0 aliphatic rings. The molecular formula is C27H25N5O3S. The van der Waals surface area contributed by atoms with Crippen LogP contribution in [0, 0.1) is 6.92 Å². The number of hydrogen-bond acceptors (Lipinski definition) is 6. The van der Waals surface area contributed by atoms with E-state index in [-0.39, 0.29) is 4.90 Å². The van der Waals surface area contributed by atoms with E-state index in [1.54, 1.807) is 55.9 Å². The molecule has 2 aromatic carbocycles. The number of anilines is 1. The van der Waals surface area contributed by atoms with Gasteiger partial charge in [-0.3, -0.25) is 9.71 Å². The minimum absolute atomic E-state index is 0.189. The molecule has 0 saturated heterocycles. The van der Waals surface area contributed by atoms with Crippen LogP contribution in [0.4, 0.5) is 5.69 Å². The maximum absolute atomic E-state index is 12.8. The second kappa shape index (κ2) is 9.79. The standard InChI is InChI=1S/C27H25N5O3S/c1-18-3-7-21(8-4-18)32-36(33,34)24-10-5-19(6-11-24)20-15-25-27(29-17-20)31-26(30-25)12-9-22-16-23(35-2)13-14-28-22/h3-8,10-11,13-17,32H,9,12H2,1-2H3,(H,29,30,31). The third-order valence-corrected chi connectivity index (χ3v) is 7.23. The van der Waals surface area contributed by atoms with Crippen molar-refractivity contribution < 1.29 is 13.2 Å². The zero-order valence-corrected chi connectivity index (χ0v) is 20.7. The van der Waals surface area contributed by atoms with Gasteiger partial charge in [-0.15, -0.1) is 0 Å². The van der Waals surface area contributed by atoms with E-state index in [4.69, 9.17) is 4.74 Å². The van der Waals surface area contributed by atoms with Crippen molar-refractivity contribution in [2.45, 2.75) is 24.7 Å². The van der Waals surface area contributed by atoms with Crippen molar-refractivity contribution in [2.24, 2.45) is 0 Å². The summed E-state index contributed by atoms with van der Waals surface area (Å²) in [5.41, 5.74) is 5.67. The summed E-state index contributed by atoms with van der Waals surface area (Å²) >= 11 is 0. The fraction of sp³-hybridized carbons (Fsp3) is 0.148. The summed E-state index contributed by atoms with van der Waals surface area (Å²) in [5.74, 6) is 1.60. The summed E-state index contributed by atoms with van der Waals surface area (Å²) in [7, 11) is -2.05. The van der Waals surface area contributed by atoms with Gasteiger partial charge in [-0.05, 0) is 55.3 Å². The molecule has 182 valence electrons. The molecule has 5 rings (SSSR count). The predicted octanol–water partition coefficient (Wildman–Crippen LogP) is 4.92. The Morgan fingerprint density at radius 1 is 0.917 bits per heavy atom. The average molecular weight is 500 g/mol. The van der Waals surface area contributed by atoms with Gasteiger partial charge < -0.3 is 9.72 Å². The zero-order chi connectivity index (χ0) is 25.1. The fourth-order valence-electron chi connectivity index (χ4n) is 3.85. The van der Waals surface area contributed by atoms with Crippen LogP contribution in [0.25, 0.3) is 22.3 Å². The Labute approximate surface area is 209 Å². The van der Waals surface area contributed by atoms with Crippen molar-refractivity contribution in [2.75, 3.05) is 11.8 Å². The van der Waals surface area contributed by atoms with Crippen LogP contribution in [0.1, 0.15) is 17.1 Å². The highest BCUT2D eigenvalue weighted by atomic mass is 32.2. The number of hydrogen-bond donors (Lipinski definition) is 2. The number of aryl methyl sites for hydroxylation is 3. The van der Waals surface area contributed by atoms with Crippen LogP contribution in [0.3, 0.4) is 0 Å². The summed E-state index contributed by atoms with van der Waals surface area (Å²) in [5, 5.41) is 0. The number of nitrogens with one attached hydrogen (secondary N) is 2. The largest absolute Gasteiger partial charge is 0.497 e. The lowest BCUT2D eigenvalue weighted by atomic mass is 10.1. The van der Waals surface area contributed by atoms with E-state index >= 15 is 0 Å². The van der Waals surface area contributed by atoms with Gasteiger partial charge in [0.15, 0.2) is 5.65 Å². The Morgan fingerprint density at radius 3 is 2.44 bits per heavy atom. The van der Waals surface area contributed by atoms with Crippen molar-refractivity contribution >= 4 is 26.9 Å². The number of aromatic nitrogens is 4. The van der Waals surface area contributed by atoms with Gasteiger partial charge in [0.25, 0.3) is 10.0 Å². The van der Waals surface area contributed by atoms with E-state index in [1.165, 1.54) is 0 Å². The Hall–Kier alpha value is -4.24. The highest BCUT2D eigenvalue weighted by Gasteiger charge is 2.15. The minimum Gasteiger partial charge on any atom is -0.497 e. The van der Waals surface area contributed by atoms with E-state index in [9.17, 15) is 8.42 Å². The molecule has 0 radical (unpaired) electrons. The first kappa shape index (κ1) is 23.5. The number of methoxy groups -OCH3 is 1. The zero-order valence-electron chi connectivity index (χ0n) is 19.9. The van der Waals surface area contributed by atoms with Gasteiger partial charge in [-0.25, -0.2) is 18.4 Å². The van der Waals surface area contributed by atoms with Crippen molar-refractivity contribution in [1.82, 2.24) is 19.9 Å². The molecule has 0 atom stereocenters. The number of sulfonamides is 1. The van der Waals surface area contributed by atoms with Crippen LogP contribution in [0.15, 0.2) is 84.0 Å². The molecule has 0 unspecified atom stereocenters. The first-order chi connectivity index (χ1) is 17.4. The minimum atomic E-state index is -3.69. The third-order valence-electron chi connectivity index (χ3n) is 5.83. The Balaban J connectivity index is 1.31. The van der Waals surface area contributed by atoms with Gasteiger partial charge in [-0.1, -0.05) is 29.8 Å². The Morgan fingerprint density at radius 2 is 1.69 bits per heavy atom. The second-order valence-corrected chi connectivity index (χ2v) is 10.1. The van der Waals surface area contributed by atoms with Crippen molar-refractivity contribution in [3.05, 3.63) is 96.2 Å². The molecule has 0 fully saturated rings. The lowest BCUT2D eigenvalue weighted by molar-refractivity contribution is 0.413. The lowest BCUT2D eigenvalue weighted by Crippen LogP contribution is -2.12. The highest BCUT2D eigenvalue weighted by Crippen LogP contribution is 2.25. The first-order valence-electron chi connectivity index (χ1n) is 11.4. The number of pyridine rings is 2. The van der Waals surface area contributed by atoms with Gasteiger partial charge in [0.1, 0.15) is 17.1 Å². The molecule has 0 saturated carbocycles. The van der Waals surface area contributed by atoms with E-state index in [2.05, 4.69) is 24.7 Å². The highest BCUT2D eigenvalue weighted by molar-refractivity contribution is 7.92. The van der Waals surface area contributed by atoms with Gasteiger partial charge in [-0.2, -0.15) is 0 Å². The normalized spacial score (nSPS) is 11.5. The molecule has 0 aliphatic heterocycles. The number of fused-ring (bicyclic) bond motifs is 1. The van der Waals surface area contributed by atoms with Crippen LogP contribution in [-0.4, -0.2) is 35.5 Å².